The Balaban J connectivity index is 2.06. The number of nitrogens with one attached hydrogen (secondary N) is 2. The van der Waals surface area contributed by atoms with Gasteiger partial charge in [-0.1, -0.05) is 13.0 Å². The summed E-state index contributed by atoms with van der Waals surface area (Å²) in [4.78, 5) is 16.5. The fraction of sp³-hybridized carbons (Fsp3) is 0.294. The minimum atomic E-state index is -0.0755. The molecule has 1 heterocycles. The molecule has 2 aromatic rings. The number of amides is 1. The zero-order valence-corrected chi connectivity index (χ0v) is 12.7. The lowest BCUT2D eigenvalue weighted by atomic mass is 10.1. The highest BCUT2D eigenvalue weighted by Crippen LogP contribution is 2.15. The standard InChI is InChI=1S/C17H21N3O/c1-4-13-6-5-9-19-16(13)11-20-17(21)14-7-8-15(18-3)12(2)10-14/h5-10,18H,4,11H2,1-3H3,(H,20,21). The number of hydrogen-bond acceptors (Lipinski definition) is 3. The topological polar surface area (TPSA) is 54.0 Å². The van der Waals surface area contributed by atoms with Crippen LogP contribution in [0.4, 0.5) is 5.69 Å². The summed E-state index contributed by atoms with van der Waals surface area (Å²) in [5, 5.41) is 6.03. The van der Waals surface area contributed by atoms with Crippen LogP contribution < -0.4 is 10.6 Å². The SMILES string of the molecule is CCc1cccnc1CNC(=O)c1ccc(NC)c(C)c1. The summed E-state index contributed by atoms with van der Waals surface area (Å²) in [6.07, 6.45) is 2.67. The molecule has 0 aliphatic heterocycles. The molecule has 1 amide bonds. The van der Waals surface area contributed by atoms with Gasteiger partial charge in [-0.2, -0.15) is 0 Å². The zero-order valence-electron chi connectivity index (χ0n) is 12.7. The maximum atomic E-state index is 12.2. The van der Waals surface area contributed by atoms with E-state index in [1.165, 1.54) is 5.56 Å². The molecule has 2 N–H and O–H groups in total. The van der Waals surface area contributed by atoms with Gasteiger partial charge in [0.05, 0.1) is 12.2 Å². The highest BCUT2D eigenvalue weighted by molar-refractivity contribution is 5.94. The molecule has 4 nitrogen and oxygen atoms in total. The Hall–Kier alpha value is -2.36. The molecule has 0 spiro atoms. The molecular weight excluding hydrogens is 262 g/mol. The Bertz CT molecular complexity index is 638. The minimum absolute atomic E-state index is 0.0755. The van der Waals surface area contributed by atoms with Crippen molar-refractivity contribution in [1.29, 1.82) is 0 Å². The molecule has 21 heavy (non-hydrogen) atoms. The molecule has 0 saturated carbocycles. The van der Waals surface area contributed by atoms with Crippen LogP contribution in [-0.4, -0.2) is 17.9 Å². The molecule has 0 radical (unpaired) electrons. The van der Waals surface area contributed by atoms with Crippen LogP contribution in [0.2, 0.25) is 0 Å². The molecule has 0 saturated heterocycles. The molecule has 110 valence electrons. The van der Waals surface area contributed by atoms with E-state index in [1.54, 1.807) is 6.20 Å². The van der Waals surface area contributed by atoms with E-state index in [2.05, 4.69) is 22.5 Å². The average Bonchev–Trinajstić information content (AvgIpc) is 2.52. The Kier molecular flexibility index (Phi) is 4.93. The molecule has 1 aromatic carbocycles. The van der Waals surface area contributed by atoms with Crippen LogP contribution in [0.15, 0.2) is 36.5 Å². The van der Waals surface area contributed by atoms with Crippen LogP contribution in [0.1, 0.15) is 34.1 Å². The van der Waals surface area contributed by atoms with Gasteiger partial charge in [0.15, 0.2) is 0 Å². The summed E-state index contributed by atoms with van der Waals surface area (Å²) in [5.41, 5.74) is 4.85. The normalized spacial score (nSPS) is 10.2. The van der Waals surface area contributed by atoms with E-state index in [0.717, 1.165) is 23.4 Å². The summed E-state index contributed by atoms with van der Waals surface area (Å²) in [6.45, 7) is 4.52. The third kappa shape index (κ3) is 3.60. The van der Waals surface area contributed by atoms with Crippen molar-refractivity contribution in [2.75, 3.05) is 12.4 Å². The number of carbonyl (C=O) groups is 1. The summed E-state index contributed by atoms with van der Waals surface area (Å²) in [7, 11) is 1.87. The smallest absolute Gasteiger partial charge is 0.251 e. The first-order valence-electron chi connectivity index (χ1n) is 7.15. The monoisotopic (exact) mass is 283 g/mol. The van der Waals surface area contributed by atoms with Gasteiger partial charge >= 0.3 is 0 Å². The van der Waals surface area contributed by atoms with Crippen LogP contribution >= 0.6 is 0 Å². The van der Waals surface area contributed by atoms with Crippen molar-refractivity contribution in [3.05, 3.63) is 58.9 Å². The number of benzene rings is 1. The van der Waals surface area contributed by atoms with Crippen molar-refractivity contribution in [3.8, 4) is 0 Å². The maximum Gasteiger partial charge on any atom is 0.251 e. The molecule has 0 fully saturated rings. The van der Waals surface area contributed by atoms with Crippen LogP contribution in [0.25, 0.3) is 0 Å². The lowest BCUT2D eigenvalue weighted by molar-refractivity contribution is 0.0950. The largest absolute Gasteiger partial charge is 0.388 e. The predicted octanol–water partition coefficient (Wildman–Crippen LogP) is 2.92. The third-order valence-corrected chi connectivity index (χ3v) is 3.54. The fourth-order valence-electron chi connectivity index (χ4n) is 2.30. The van der Waals surface area contributed by atoms with E-state index in [-0.39, 0.29) is 5.91 Å². The highest BCUT2D eigenvalue weighted by Gasteiger charge is 2.08. The van der Waals surface area contributed by atoms with Gasteiger partial charge in [-0.25, -0.2) is 0 Å². The van der Waals surface area contributed by atoms with Gasteiger partial charge in [0.2, 0.25) is 0 Å². The van der Waals surface area contributed by atoms with Crippen molar-refractivity contribution in [3.63, 3.8) is 0 Å². The first kappa shape index (κ1) is 15.0. The van der Waals surface area contributed by atoms with Crippen molar-refractivity contribution in [2.45, 2.75) is 26.8 Å². The second kappa shape index (κ2) is 6.88. The Labute approximate surface area is 125 Å². The molecule has 0 aliphatic carbocycles. The zero-order chi connectivity index (χ0) is 15.2. The van der Waals surface area contributed by atoms with Crippen molar-refractivity contribution >= 4 is 11.6 Å². The van der Waals surface area contributed by atoms with Crippen LogP contribution in [0.3, 0.4) is 0 Å². The number of nitrogens with zero attached hydrogens (tertiary/aromatic N) is 1. The molecule has 4 heteroatoms. The number of aromatic nitrogens is 1. The molecule has 0 aliphatic rings. The van der Waals surface area contributed by atoms with Gasteiger partial charge in [0.1, 0.15) is 0 Å². The Morgan fingerprint density at radius 2 is 2.10 bits per heavy atom. The van der Waals surface area contributed by atoms with Gasteiger partial charge in [-0.15, -0.1) is 0 Å². The second-order valence-corrected chi connectivity index (χ2v) is 4.93. The summed E-state index contributed by atoms with van der Waals surface area (Å²) < 4.78 is 0. The first-order valence-corrected chi connectivity index (χ1v) is 7.15. The lowest BCUT2D eigenvalue weighted by Crippen LogP contribution is -2.24. The van der Waals surface area contributed by atoms with E-state index in [1.807, 2.05) is 44.3 Å². The number of anilines is 1. The van der Waals surface area contributed by atoms with Gasteiger partial charge in [-0.05, 0) is 48.7 Å². The van der Waals surface area contributed by atoms with E-state index < -0.39 is 0 Å². The quantitative estimate of drug-likeness (QED) is 0.887. The predicted molar refractivity (Wildman–Crippen MR) is 85.5 cm³/mol. The highest BCUT2D eigenvalue weighted by atomic mass is 16.1. The maximum absolute atomic E-state index is 12.2. The second-order valence-electron chi connectivity index (χ2n) is 4.93. The van der Waals surface area contributed by atoms with Crippen LogP contribution in [-0.2, 0) is 13.0 Å². The van der Waals surface area contributed by atoms with E-state index in [9.17, 15) is 4.79 Å². The molecule has 2 rings (SSSR count). The number of carbonyl (C=O) groups excluding carboxylic acids is 1. The lowest BCUT2D eigenvalue weighted by Gasteiger charge is -2.10. The molecular formula is C17H21N3O. The Morgan fingerprint density at radius 1 is 1.29 bits per heavy atom. The molecule has 1 aromatic heterocycles. The molecule has 0 bridgehead atoms. The van der Waals surface area contributed by atoms with Crippen molar-refractivity contribution < 1.29 is 4.79 Å². The molecule has 0 atom stereocenters. The average molecular weight is 283 g/mol. The van der Waals surface area contributed by atoms with Gasteiger partial charge in [-0.3, -0.25) is 9.78 Å². The van der Waals surface area contributed by atoms with Crippen molar-refractivity contribution in [1.82, 2.24) is 10.3 Å². The first-order chi connectivity index (χ1) is 10.2. The van der Waals surface area contributed by atoms with Crippen LogP contribution in [0, 0.1) is 6.92 Å². The van der Waals surface area contributed by atoms with Gasteiger partial charge < -0.3 is 10.6 Å². The summed E-state index contributed by atoms with van der Waals surface area (Å²) >= 11 is 0. The number of pyridine rings is 1. The molecule has 0 unspecified atom stereocenters. The Morgan fingerprint density at radius 3 is 2.76 bits per heavy atom. The van der Waals surface area contributed by atoms with Gasteiger partial charge in [0.25, 0.3) is 5.91 Å². The van der Waals surface area contributed by atoms with Crippen molar-refractivity contribution in [2.24, 2.45) is 0 Å². The number of rotatable bonds is 5. The number of aryl methyl sites for hydroxylation is 2. The fourth-order valence-corrected chi connectivity index (χ4v) is 2.30. The van der Waals surface area contributed by atoms with E-state index in [0.29, 0.717) is 12.1 Å². The van der Waals surface area contributed by atoms with E-state index in [4.69, 9.17) is 0 Å². The van der Waals surface area contributed by atoms with E-state index >= 15 is 0 Å². The van der Waals surface area contributed by atoms with Crippen LogP contribution in [0.5, 0.6) is 0 Å². The summed E-state index contributed by atoms with van der Waals surface area (Å²) in [5.74, 6) is -0.0755. The van der Waals surface area contributed by atoms with Gasteiger partial charge in [0, 0.05) is 24.5 Å². The number of hydrogen-bond donors (Lipinski definition) is 2. The minimum Gasteiger partial charge on any atom is -0.388 e. The third-order valence-electron chi connectivity index (χ3n) is 3.54. The summed E-state index contributed by atoms with van der Waals surface area (Å²) in [6, 6.07) is 9.60.